The fourth-order valence-corrected chi connectivity index (χ4v) is 5.79. The molecule has 0 radical (unpaired) electrons. The van der Waals surface area contributed by atoms with Crippen molar-refractivity contribution in [2.24, 2.45) is 0 Å². The van der Waals surface area contributed by atoms with Gasteiger partial charge in [-0.05, 0) is 19.3 Å². The molecule has 0 fully saturated rings. The molecule has 0 N–H and O–H groups in total. The van der Waals surface area contributed by atoms with E-state index in [4.69, 9.17) is 14.2 Å². The Balaban J connectivity index is 4.31. The molecule has 0 aromatic carbocycles. The van der Waals surface area contributed by atoms with Crippen molar-refractivity contribution >= 4 is 17.9 Å². The van der Waals surface area contributed by atoms with Crippen molar-refractivity contribution in [1.82, 2.24) is 0 Å². The first-order valence-electron chi connectivity index (χ1n) is 20.0. The number of hydrogen-bond acceptors (Lipinski definition) is 6. The molecular weight excluding hydrogens is 576 g/mol. The highest BCUT2D eigenvalue weighted by atomic mass is 16.6. The summed E-state index contributed by atoms with van der Waals surface area (Å²) in [5.41, 5.74) is 0. The number of carbonyl (C=O) groups excluding carboxylic acids is 3. The third-order valence-corrected chi connectivity index (χ3v) is 8.86. The SMILES string of the molecule is CCCCCCCCCCCCCC(=O)OC[C@@H](COC(=O)CCCCCCCCC)OC(=O)CCCCCCCCCCCC. The maximum atomic E-state index is 12.6. The molecule has 0 bridgehead atoms. The van der Waals surface area contributed by atoms with Crippen LogP contribution in [0.15, 0.2) is 0 Å². The molecule has 0 heterocycles. The van der Waals surface area contributed by atoms with Gasteiger partial charge in [0.05, 0.1) is 0 Å². The van der Waals surface area contributed by atoms with Gasteiger partial charge in [0.2, 0.25) is 0 Å². The molecule has 0 aliphatic carbocycles. The van der Waals surface area contributed by atoms with Crippen molar-refractivity contribution in [3.8, 4) is 0 Å². The zero-order chi connectivity index (χ0) is 33.8. The average molecular weight is 653 g/mol. The minimum atomic E-state index is -0.755. The van der Waals surface area contributed by atoms with Crippen LogP contribution in [0, 0.1) is 0 Å². The van der Waals surface area contributed by atoms with Crippen molar-refractivity contribution < 1.29 is 28.6 Å². The van der Waals surface area contributed by atoms with Crippen LogP contribution in [0.2, 0.25) is 0 Å². The maximum absolute atomic E-state index is 12.6. The predicted molar refractivity (Wildman–Crippen MR) is 192 cm³/mol. The summed E-state index contributed by atoms with van der Waals surface area (Å²) in [6, 6.07) is 0. The van der Waals surface area contributed by atoms with Crippen LogP contribution < -0.4 is 0 Å². The van der Waals surface area contributed by atoms with Crippen LogP contribution in [0.5, 0.6) is 0 Å². The van der Waals surface area contributed by atoms with E-state index in [9.17, 15) is 14.4 Å². The summed E-state index contributed by atoms with van der Waals surface area (Å²) >= 11 is 0. The molecule has 0 aliphatic rings. The third kappa shape index (κ3) is 33.8. The summed E-state index contributed by atoms with van der Waals surface area (Å²) in [5.74, 6) is -0.869. The lowest BCUT2D eigenvalue weighted by Gasteiger charge is -2.18. The predicted octanol–water partition coefficient (Wildman–Crippen LogP) is 12.1. The van der Waals surface area contributed by atoms with E-state index in [0.717, 1.165) is 57.8 Å². The number of ether oxygens (including phenoxy) is 3. The second kappa shape index (κ2) is 36.2. The minimum Gasteiger partial charge on any atom is -0.462 e. The van der Waals surface area contributed by atoms with Crippen LogP contribution in [0.1, 0.15) is 220 Å². The van der Waals surface area contributed by atoms with Gasteiger partial charge in [-0.15, -0.1) is 0 Å². The van der Waals surface area contributed by atoms with Crippen molar-refractivity contribution in [2.45, 2.75) is 226 Å². The molecule has 6 heteroatoms. The van der Waals surface area contributed by atoms with E-state index in [1.165, 1.54) is 122 Å². The Bertz CT molecular complexity index is 679. The molecular formula is C40H76O6. The molecule has 0 aromatic rings. The standard InChI is InChI=1S/C40H76O6/c1-4-7-10-13-16-18-20-22-24-27-30-33-39(42)45-36-37(35-44-38(41)32-29-26-23-15-12-9-6-3)46-40(43)34-31-28-25-21-19-17-14-11-8-5-2/h37H,4-36H2,1-3H3/t37-/m1/s1. The molecule has 46 heavy (non-hydrogen) atoms. The van der Waals surface area contributed by atoms with E-state index < -0.39 is 6.10 Å². The zero-order valence-corrected chi connectivity index (χ0v) is 30.9. The van der Waals surface area contributed by atoms with Crippen molar-refractivity contribution in [1.29, 1.82) is 0 Å². The van der Waals surface area contributed by atoms with E-state index in [2.05, 4.69) is 20.8 Å². The van der Waals surface area contributed by atoms with Crippen LogP contribution in [0.25, 0.3) is 0 Å². The molecule has 0 saturated heterocycles. The van der Waals surface area contributed by atoms with E-state index in [1.54, 1.807) is 0 Å². The van der Waals surface area contributed by atoms with E-state index >= 15 is 0 Å². The van der Waals surface area contributed by atoms with Gasteiger partial charge < -0.3 is 14.2 Å². The fourth-order valence-electron chi connectivity index (χ4n) is 5.79. The Morgan fingerprint density at radius 2 is 0.587 bits per heavy atom. The van der Waals surface area contributed by atoms with Gasteiger partial charge in [0.25, 0.3) is 0 Å². The van der Waals surface area contributed by atoms with Gasteiger partial charge in [-0.25, -0.2) is 0 Å². The zero-order valence-electron chi connectivity index (χ0n) is 30.9. The van der Waals surface area contributed by atoms with Crippen LogP contribution in [0.4, 0.5) is 0 Å². The third-order valence-electron chi connectivity index (χ3n) is 8.86. The highest BCUT2D eigenvalue weighted by Crippen LogP contribution is 2.14. The largest absolute Gasteiger partial charge is 0.462 e. The van der Waals surface area contributed by atoms with Gasteiger partial charge in [0.1, 0.15) is 13.2 Å². The van der Waals surface area contributed by atoms with Crippen molar-refractivity contribution in [2.75, 3.05) is 13.2 Å². The molecule has 0 aromatic heterocycles. The van der Waals surface area contributed by atoms with Crippen molar-refractivity contribution in [3.63, 3.8) is 0 Å². The summed E-state index contributed by atoms with van der Waals surface area (Å²) in [5, 5.41) is 0. The Kier molecular flexibility index (Phi) is 35.0. The summed E-state index contributed by atoms with van der Waals surface area (Å²) in [4.78, 5) is 37.3. The van der Waals surface area contributed by atoms with Crippen LogP contribution in [-0.2, 0) is 28.6 Å². The average Bonchev–Trinajstić information content (AvgIpc) is 3.05. The van der Waals surface area contributed by atoms with E-state index in [1.807, 2.05) is 0 Å². The maximum Gasteiger partial charge on any atom is 0.306 e. The molecule has 0 aliphatic heterocycles. The summed E-state index contributed by atoms with van der Waals surface area (Å²) < 4.78 is 16.6. The number of hydrogen-bond donors (Lipinski definition) is 0. The van der Waals surface area contributed by atoms with Crippen LogP contribution in [-0.4, -0.2) is 37.2 Å². The van der Waals surface area contributed by atoms with Crippen LogP contribution in [0.3, 0.4) is 0 Å². The molecule has 0 unspecified atom stereocenters. The van der Waals surface area contributed by atoms with Crippen LogP contribution >= 0.6 is 0 Å². The summed E-state index contributed by atoms with van der Waals surface area (Å²) in [6.07, 6.45) is 33.8. The first-order valence-corrected chi connectivity index (χ1v) is 20.0. The summed E-state index contributed by atoms with van der Waals surface area (Å²) in [7, 11) is 0. The topological polar surface area (TPSA) is 78.9 Å². The number of esters is 3. The Labute approximate surface area is 285 Å². The smallest absolute Gasteiger partial charge is 0.306 e. The van der Waals surface area contributed by atoms with Gasteiger partial charge in [-0.2, -0.15) is 0 Å². The molecule has 0 spiro atoms. The number of rotatable bonds is 36. The molecule has 0 saturated carbocycles. The lowest BCUT2D eigenvalue weighted by Crippen LogP contribution is -2.30. The quantitative estimate of drug-likeness (QED) is 0.0381. The van der Waals surface area contributed by atoms with Gasteiger partial charge in [-0.3, -0.25) is 14.4 Å². The normalized spacial score (nSPS) is 11.8. The fraction of sp³-hybridized carbons (Fsp3) is 0.925. The Hall–Kier alpha value is -1.59. The number of unbranched alkanes of at least 4 members (excludes halogenated alkanes) is 25. The second-order valence-electron chi connectivity index (χ2n) is 13.6. The van der Waals surface area contributed by atoms with Gasteiger partial charge in [0, 0.05) is 19.3 Å². The molecule has 0 rings (SSSR count). The van der Waals surface area contributed by atoms with Gasteiger partial charge >= 0.3 is 17.9 Å². The number of carbonyl (C=O) groups is 3. The van der Waals surface area contributed by atoms with Crippen molar-refractivity contribution in [3.05, 3.63) is 0 Å². The van der Waals surface area contributed by atoms with E-state index in [-0.39, 0.29) is 31.1 Å². The van der Waals surface area contributed by atoms with Gasteiger partial charge in [-0.1, -0.05) is 181 Å². The molecule has 6 nitrogen and oxygen atoms in total. The highest BCUT2D eigenvalue weighted by Gasteiger charge is 2.19. The first-order chi connectivity index (χ1) is 22.5. The molecule has 1 atom stereocenters. The summed E-state index contributed by atoms with van der Waals surface area (Å²) in [6.45, 7) is 6.57. The lowest BCUT2D eigenvalue weighted by atomic mass is 10.1. The minimum absolute atomic E-state index is 0.0641. The highest BCUT2D eigenvalue weighted by molar-refractivity contribution is 5.71. The molecule has 0 amide bonds. The first kappa shape index (κ1) is 44.4. The van der Waals surface area contributed by atoms with E-state index in [0.29, 0.717) is 19.3 Å². The lowest BCUT2D eigenvalue weighted by molar-refractivity contribution is -0.167. The Morgan fingerprint density at radius 1 is 0.348 bits per heavy atom. The van der Waals surface area contributed by atoms with Gasteiger partial charge in [0.15, 0.2) is 6.10 Å². The Morgan fingerprint density at radius 3 is 0.870 bits per heavy atom. The second-order valence-corrected chi connectivity index (χ2v) is 13.6. The monoisotopic (exact) mass is 653 g/mol. The molecule has 272 valence electrons.